The minimum absolute atomic E-state index is 0.0465. The molecular formula is C25H41O11P. The van der Waals surface area contributed by atoms with E-state index in [1.165, 1.54) is 14.2 Å². The Morgan fingerprint density at radius 3 is 2.35 bits per heavy atom. The van der Waals surface area contributed by atoms with Crippen LogP contribution in [0.1, 0.15) is 45.4 Å². The van der Waals surface area contributed by atoms with Gasteiger partial charge in [0.25, 0.3) is 0 Å². The molecule has 0 amide bonds. The maximum Gasteiger partial charge on any atom is 0.331 e. The first-order chi connectivity index (χ1) is 17.5. The molecule has 1 saturated heterocycles. The van der Waals surface area contributed by atoms with Crippen LogP contribution in [0.3, 0.4) is 0 Å². The molecule has 1 aliphatic heterocycles. The predicted octanol–water partition coefficient (Wildman–Crippen LogP) is 2.43. The monoisotopic (exact) mass is 548 g/mol. The number of ether oxygens (including phenoxy) is 4. The van der Waals surface area contributed by atoms with Gasteiger partial charge in [-0.3, -0.25) is 9.36 Å². The number of carbonyl (C=O) groups is 2. The summed E-state index contributed by atoms with van der Waals surface area (Å²) in [7, 11) is -0.792. The van der Waals surface area contributed by atoms with Crippen LogP contribution in [0, 0.1) is 23.7 Å². The molecule has 0 aromatic heterocycles. The molecule has 1 heterocycles. The summed E-state index contributed by atoms with van der Waals surface area (Å²) in [5.74, 6) is -2.58. The van der Waals surface area contributed by atoms with Crippen LogP contribution in [0.4, 0.5) is 0 Å². The van der Waals surface area contributed by atoms with Crippen molar-refractivity contribution < 1.29 is 52.4 Å². The molecule has 2 N–H and O–H groups in total. The lowest BCUT2D eigenvalue weighted by atomic mass is 9.77. The van der Waals surface area contributed by atoms with E-state index in [2.05, 4.69) is 6.58 Å². The molecule has 212 valence electrons. The molecule has 37 heavy (non-hydrogen) atoms. The minimum atomic E-state index is -3.33. The molecule has 0 bridgehead atoms. The lowest BCUT2D eigenvalue weighted by molar-refractivity contribution is -0.315. The van der Waals surface area contributed by atoms with Gasteiger partial charge < -0.3 is 38.2 Å². The highest BCUT2D eigenvalue weighted by Crippen LogP contribution is 2.48. The van der Waals surface area contributed by atoms with Gasteiger partial charge in [-0.2, -0.15) is 0 Å². The first-order valence-corrected chi connectivity index (χ1v) is 14.6. The fourth-order valence-corrected chi connectivity index (χ4v) is 6.67. The highest BCUT2D eigenvalue weighted by atomic mass is 31.2. The van der Waals surface area contributed by atoms with E-state index in [9.17, 15) is 24.4 Å². The molecule has 0 radical (unpaired) electrons. The third kappa shape index (κ3) is 7.85. The molecule has 6 atom stereocenters. The maximum atomic E-state index is 12.4. The quantitative estimate of drug-likeness (QED) is 0.236. The number of esters is 2. The largest absolute Gasteiger partial charge is 0.465 e. The Morgan fingerprint density at radius 2 is 1.78 bits per heavy atom. The summed E-state index contributed by atoms with van der Waals surface area (Å²) >= 11 is 0. The Bertz CT molecular complexity index is 832. The zero-order valence-electron chi connectivity index (χ0n) is 21.9. The van der Waals surface area contributed by atoms with Crippen LogP contribution >= 0.6 is 7.60 Å². The SMILES string of the molecule is C=CC(=O)OC1CCC(C2COC3(CCC(COC(=O)C(C)CP(=O)(OC)OC)C(O)C3)OC2)CC1O. The Labute approximate surface area is 218 Å². The number of hydrogen-bond acceptors (Lipinski definition) is 11. The van der Waals surface area contributed by atoms with Crippen molar-refractivity contribution in [2.75, 3.05) is 40.2 Å². The van der Waals surface area contributed by atoms with E-state index >= 15 is 0 Å². The molecule has 1 spiro atoms. The predicted molar refractivity (Wildman–Crippen MR) is 132 cm³/mol. The average Bonchev–Trinajstić information content (AvgIpc) is 2.89. The van der Waals surface area contributed by atoms with Gasteiger partial charge in [0.15, 0.2) is 5.79 Å². The fraction of sp³-hybridized carbons (Fsp3) is 0.840. The highest BCUT2D eigenvalue weighted by Gasteiger charge is 2.47. The molecule has 3 aliphatic rings. The molecule has 2 saturated carbocycles. The smallest absolute Gasteiger partial charge is 0.331 e. The molecule has 3 fully saturated rings. The van der Waals surface area contributed by atoms with E-state index in [-0.39, 0.29) is 36.9 Å². The minimum Gasteiger partial charge on any atom is -0.465 e. The number of rotatable bonds is 10. The molecule has 0 aromatic carbocycles. The number of aliphatic hydroxyl groups excluding tert-OH is 2. The maximum absolute atomic E-state index is 12.4. The van der Waals surface area contributed by atoms with Gasteiger partial charge in [0.1, 0.15) is 6.10 Å². The lowest BCUT2D eigenvalue weighted by Crippen LogP contribution is -2.53. The Morgan fingerprint density at radius 1 is 1.11 bits per heavy atom. The molecule has 11 nitrogen and oxygen atoms in total. The second kappa shape index (κ2) is 13.2. The summed E-state index contributed by atoms with van der Waals surface area (Å²) in [4.78, 5) is 23.8. The Balaban J connectivity index is 1.42. The first-order valence-electron chi connectivity index (χ1n) is 12.9. The molecule has 3 rings (SSSR count). The molecule has 2 aliphatic carbocycles. The molecule has 0 aromatic rings. The van der Waals surface area contributed by atoms with Crippen molar-refractivity contribution in [2.45, 2.75) is 69.5 Å². The fourth-order valence-electron chi connectivity index (χ4n) is 5.40. The van der Waals surface area contributed by atoms with Crippen molar-refractivity contribution in [3.8, 4) is 0 Å². The van der Waals surface area contributed by atoms with Gasteiger partial charge in [0.2, 0.25) is 0 Å². The van der Waals surface area contributed by atoms with Gasteiger partial charge in [0, 0.05) is 45.0 Å². The van der Waals surface area contributed by atoms with E-state index < -0.39 is 49.6 Å². The molecule has 6 unspecified atom stereocenters. The standard InChI is InChI=1S/C25H41O11P/c1-5-23(28)36-22-7-6-17(10-20(22)26)19-13-34-25(35-14-19)9-8-18(21(27)11-25)12-33-24(29)16(2)15-37(30,31-3)32-4/h5,16-22,26-27H,1,6-15H2,2-4H3. The second-order valence-corrected chi connectivity index (χ2v) is 12.7. The average molecular weight is 549 g/mol. The van der Waals surface area contributed by atoms with Crippen LogP contribution < -0.4 is 0 Å². The van der Waals surface area contributed by atoms with Gasteiger partial charge in [-0.25, -0.2) is 4.79 Å². The van der Waals surface area contributed by atoms with Crippen molar-refractivity contribution in [2.24, 2.45) is 23.7 Å². The van der Waals surface area contributed by atoms with Crippen molar-refractivity contribution >= 4 is 19.5 Å². The van der Waals surface area contributed by atoms with Gasteiger partial charge in [-0.1, -0.05) is 13.5 Å². The van der Waals surface area contributed by atoms with Crippen LogP contribution in [0.15, 0.2) is 12.7 Å². The van der Waals surface area contributed by atoms with Gasteiger partial charge in [-0.15, -0.1) is 0 Å². The topological polar surface area (TPSA) is 147 Å². The number of hydrogen-bond donors (Lipinski definition) is 2. The zero-order chi connectivity index (χ0) is 27.2. The van der Waals surface area contributed by atoms with Crippen LogP contribution in [0.25, 0.3) is 0 Å². The third-order valence-electron chi connectivity index (χ3n) is 7.87. The Kier molecular flexibility index (Phi) is 10.7. The number of aliphatic hydroxyl groups is 2. The Hall–Kier alpha value is -1.33. The van der Waals surface area contributed by atoms with E-state index in [1.807, 2.05) is 0 Å². The zero-order valence-corrected chi connectivity index (χ0v) is 22.8. The van der Waals surface area contributed by atoms with Crippen LogP contribution in [0.2, 0.25) is 0 Å². The van der Waals surface area contributed by atoms with Crippen LogP contribution in [-0.4, -0.2) is 86.5 Å². The summed E-state index contributed by atoms with van der Waals surface area (Å²) in [6, 6.07) is 0. The van der Waals surface area contributed by atoms with Crippen molar-refractivity contribution in [3.63, 3.8) is 0 Å². The van der Waals surface area contributed by atoms with Crippen LogP contribution in [-0.2, 0) is 42.1 Å². The lowest BCUT2D eigenvalue weighted by Gasteiger charge is -2.48. The number of carbonyl (C=O) groups excluding carboxylic acids is 2. The summed E-state index contributed by atoms with van der Waals surface area (Å²) < 4.78 is 44.9. The van der Waals surface area contributed by atoms with Crippen molar-refractivity contribution in [3.05, 3.63) is 12.7 Å². The third-order valence-corrected chi connectivity index (χ3v) is 9.98. The summed E-state index contributed by atoms with van der Waals surface area (Å²) in [5, 5.41) is 21.2. The summed E-state index contributed by atoms with van der Waals surface area (Å²) in [6.45, 7) is 5.94. The second-order valence-electron chi connectivity index (χ2n) is 10.4. The highest BCUT2D eigenvalue weighted by molar-refractivity contribution is 7.53. The van der Waals surface area contributed by atoms with Gasteiger partial charge in [0.05, 0.1) is 44.1 Å². The normalized spacial score (nSPS) is 35.5. The summed E-state index contributed by atoms with van der Waals surface area (Å²) in [6.07, 6.45) is 2.22. The van der Waals surface area contributed by atoms with E-state index in [0.29, 0.717) is 38.9 Å². The first kappa shape index (κ1) is 30.2. The van der Waals surface area contributed by atoms with Crippen molar-refractivity contribution in [1.29, 1.82) is 0 Å². The molecule has 12 heteroatoms. The molecular weight excluding hydrogens is 507 g/mol. The van der Waals surface area contributed by atoms with E-state index in [1.54, 1.807) is 6.92 Å². The van der Waals surface area contributed by atoms with Gasteiger partial charge in [-0.05, 0) is 31.6 Å². The van der Waals surface area contributed by atoms with E-state index in [4.69, 9.17) is 28.0 Å². The van der Waals surface area contributed by atoms with Crippen LogP contribution in [0.5, 0.6) is 0 Å². The van der Waals surface area contributed by atoms with Gasteiger partial charge >= 0.3 is 19.5 Å². The van der Waals surface area contributed by atoms with Crippen molar-refractivity contribution in [1.82, 2.24) is 0 Å². The van der Waals surface area contributed by atoms with E-state index in [0.717, 1.165) is 12.5 Å². The summed E-state index contributed by atoms with van der Waals surface area (Å²) in [5.41, 5.74) is 0.